The van der Waals surface area contributed by atoms with E-state index in [1.165, 1.54) is 0 Å². The molecule has 0 aliphatic rings. The summed E-state index contributed by atoms with van der Waals surface area (Å²) in [5.74, 6) is 1.28. The maximum atomic E-state index is 12.3. The van der Waals surface area contributed by atoms with Crippen molar-refractivity contribution in [1.29, 1.82) is 0 Å². The minimum atomic E-state index is -0.0408. The van der Waals surface area contributed by atoms with Crippen LogP contribution in [0, 0.1) is 0 Å². The van der Waals surface area contributed by atoms with Gasteiger partial charge in [0.1, 0.15) is 0 Å². The second-order valence-corrected chi connectivity index (χ2v) is 4.97. The molecule has 0 amide bonds. The molecule has 2 aromatic heterocycles. The number of nitrogens with zero attached hydrogens (tertiary/aromatic N) is 1. The topological polar surface area (TPSA) is 39.9 Å². The third kappa shape index (κ3) is 1.47. The molecule has 0 atom stereocenters. The predicted molar refractivity (Wildman–Crippen MR) is 83.0 cm³/mol. The van der Waals surface area contributed by atoms with Gasteiger partial charge >= 0.3 is 0 Å². The van der Waals surface area contributed by atoms with Crippen molar-refractivity contribution in [3.8, 4) is 11.5 Å². The highest BCUT2D eigenvalue weighted by Crippen LogP contribution is 2.37. The molecular formula is C17H13NO3. The SMILES string of the molecule is COc1cc2c3cccc4ccc(=O)n(c2cc1OC)c43. The molecule has 2 heterocycles. The van der Waals surface area contributed by atoms with Gasteiger partial charge in [0.15, 0.2) is 11.5 Å². The van der Waals surface area contributed by atoms with Crippen molar-refractivity contribution in [1.82, 2.24) is 4.40 Å². The number of hydrogen-bond acceptors (Lipinski definition) is 3. The fourth-order valence-electron chi connectivity index (χ4n) is 3.02. The molecular weight excluding hydrogens is 266 g/mol. The average molecular weight is 279 g/mol. The summed E-state index contributed by atoms with van der Waals surface area (Å²) < 4.78 is 12.5. The van der Waals surface area contributed by atoms with E-state index in [9.17, 15) is 4.79 Å². The molecule has 0 radical (unpaired) electrons. The Bertz CT molecular complexity index is 1030. The van der Waals surface area contributed by atoms with Crippen LogP contribution in [-0.4, -0.2) is 18.6 Å². The second-order valence-electron chi connectivity index (χ2n) is 4.97. The van der Waals surface area contributed by atoms with Gasteiger partial charge in [-0.3, -0.25) is 9.20 Å². The molecule has 0 saturated carbocycles. The van der Waals surface area contributed by atoms with Crippen LogP contribution in [0.1, 0.15) is 0 Å². The summed E-state index contributed by atoms with van der Waals surface area (Å²) in [7, 11) is 3.20. The van der Waals surface area contributed by atoms with E-state index in [1.807, 2.05) is 36.4 Å². The highest BCUT2D eigenvalue weighted by molar-refractivity contribution is 6.14. The predicted octanol–water partition coefficient (Wildman–Crippen LogP) is 3.06. The Morgan fingerprint density at radius 1 is 0.905 bits per heavy atom. The van der Waals surface area contributed by atoms with Crippen molar-refractivity contribution < 1.29 is 9.47 Å². The van der Waals surface area contributed by atoms with Crippen LogP contribution in [0.3, 0.4) is 0 Å². The van der Waals surface area contributed by atoms with Gasteiger partial charge in [-0.15, -0.1) is 0 Å². The lowest BCUT2D eigenvalue weighted by atomic mass is 10.1. The van der Waals surface area contributed by atoms with Crippen LogP contribution in [-0.2, 0) is 0 Å². The lowest BCUT2D eigenvalue weighted by Gasteiger charge is -2.07. The Morgan fingerprint density at radius 2 is 1.67 bits per heavy atom. The number of para-hydroxylation sites is 1. The van der Waals surface area contributed by atoms with Gasteiger partial charge in [0.05, 0.1) is 25.3 Å². The molecule has 0 N–H and O–H groups in total. The summed E-state index contributed by atoms with van der Waals surface area (Å²) in [5.41, 5.74) is 1.74. The quantitative estimate of drug-likeness (QED) is 0.566. The van der Waals surface area contributed by atoms with Crippen LogP contribution in [0.2, 0.25) is 0 Å². The molecule has 0 fully saturated rings. The van der Waals surface area contributed by atoms with Crippen molar-refractivity contribution in [3.05, 3.63) is 52.8 Å². The van der Waals surface area contributed by atoms with Crippen molar-refractivity contribution in [2.24, 2.45) is 0 Å². The molecule has 0 saturated heterocycles. The van der Waals surface area contributed by atoms with E-state index in [0.717, 1.165) is 27.2 Å². The van der Waals surface area contributed by atoms with Gasteiger partial charge in [-0.2, -0.15) is 0 Å². The molecule has 4 aromatic rings. The van der Waals surface area contributed by atoms with Crippen LogP contribution in [0.25, 0.3) is 27.2 Å². The molecule has 2 aromatic carbocycles. The van der Waals surface area contributed by atoms with Gasteiger partial charge in [0, 0.05) is 22.9 Å². The maximum Gasteiger partial charge on any atom is 0.255 e. The lowest BCUT2D eigenvalue weighted by molar-refractivity contribution is 0.356. The molecule has 104 valence electrons. The molecule has 0 bridgehead atoms. The van der Waals surface area contributed by atoms with Crippen molar-refractivity contribution >= 4 is 27.2 Å². The lowest BCUT2D eigenvalue weighted by Crippen LogP contribution is -2.09. The van der Waals surface area contributed by atoms with Crippen molar-refractivity contribution in [2.75, 3.05) is 14.2 Å². The molecule has 0 unspecified atom stereocenters. The minimum Gasteiger partial charge on any atom is -0.493 e. The Hall–Kier alpha value is -2.75. The van der Waals surface area contributed by atoms with E-state index in [0.29, 0.717) is 11.5 Å². The first-order valence-corrected chi connectivity index (χ1v) is 6.66. The van der Waals surface area contributed by atoms with Gasteiger partial charge in [0.25, 0.3) is 5.56 Å². The number of hydrogen-bond donors (Lipinski definition) is 0. The molecule has 4 rings (SSSR count). The summed E-state index contributed by atoms with van der Waals surface area (Å²) >= 11 is 0. The molecule has 21 heavy (non-hydrogen) atoms. The van der Waals surface area contributed by atoms with Crippen molar-refractivity contribution in [3.63, 3.8) is 0 Å². The average Bonchev–Trinajstić information content (AvgIpc) is 2.85. The molecule has 0 spiro atoms. The van der Waals surface area contributed by atoms with E-state index in [-0.39, 0.29) is 5.56 Å². The van der Waals surface area contributed by atoms with Gasteiger partial charge in [-0.25, -0.2) is 0 Å². The first kappa shape index (κ1) is 12.0. The first-order valence-electron chi connectivity index (χ1n) is 6.66. The van der Waals surface area contributed by atoms with Gasteiger partial charge in [-0.05, 0) is 17.5 Å². The highest BCUT2D eigenvalue weighted by Gasteiger charge is 2.16. The molecule has 0 aliphatic heterocycles. The molecule has 0 aliphatic carbocycles. The number of fused-ring (bicyclic) bond motifs is 3. The number of benzene rings is 2. The van der Waals surface area contributed by atoms with Crippen LogP contribution in [0.15, 0.2) is 47.3 Å². The van der Waals surface area contributed by atoms with Crippen LogP contribution < -0.4 is 15.0 Å². The van der Waals surface area contributed by atoms with E-state index in [2.05, 4.69) is 0 Å². The number of aromatic nitrogens is 1. The zero-order valence-electron chi connectivity index (χ0n) is 11.7. The van der Waals surface area contributed by atoms with Gasteiger partial charge < -0.3 is 9.47 Å². The fourth-order valence-corrected chi connectivity index (χ4v) is 3.02. The number of methoxy groups -OCH3 is 2. The van der Waals surface area contributed by atoms with E-state index >= 15 is 0 Å². The highest BCUT2D eigenvalue weighted by atomic mass is 16.5. The van der Waals surface area contributed by atoms with Crippen LogP contribution in [0.5, 0.6) is 11.5 Å². The summed E-state index contributed by atoms with van der Waals surface area (Å²) in [6, 6.07) is 13.3. The first-order chi connectivity index (χ1) is 10.2. The zero-order chi connectivity index (χ0) is 14.6. The number of ether oxygens (including phenoxy) is 2. The monoisotopic (exact) mass is 279 g/mol. The van der Waals surface area contributed by atoms with Gasteiger partial charge in [-0.1, -0.05) is 18.2 Å². The standard InChI is InChI=1S/C17H13NO3/c1-20-14-8-12-11-5-3-4-10-6-7-16(19)18(17(10)11)13(12)9-15(14)21-2/h3-9H,1-2H3. The summed E-state index contributed by atoms with van der Waals surface area (Å²) in [6.07, 6.45) is 0. The maximum absolute atomic E-state index is 12.3. The third-order valence-corrected chi connectivity index (χ3v) is 3.95. The normalized spacial score (nSPS) is 11.5. The summed E-state index contributed by atoms with van der Waals surface area (Å²) in [6.45, 7) is 0. The third-order valence-electron chi connectivity index (χ3n) is 3.95. The smallest absolute Gasteiger partial charge is 0.255 e. The summed E-state index contributed by atoms with van der Waals surface area (Å²) in [5, 5.41) is 3.07. The fraction of sp³-hybridized carbons (Fsp3) is 0.118. The minimum absolute atomic E-state index is 0.0408. The largest absolute Gasteiger partial charge is 0.493 e. The zero-order valence-corrected chi connectivity index (χ0v) is 11.7. The van der Waals surface area contributed by atoms with E-state index < -0.39 is 0 Å². The molecule has 4 heteroatoms. The Morgan fingerprint density at radius 3 is 2.43 bits per heavy atom. The van der Waals surface area contributed by atoms with Gasteiger partial charge in [0.2, 0.25) is 0 Å². The van der Waals surface area contributed by atoms with Crippen LogP contribution >= 0.6 is 0 Å². The van der Waals surface area contributed by atoms with E-state index in [4.69, 9.17) is 9.47 Å². The van der Waals surface area contributed by atoms with E-state index in [1.54, 1.807) is 24.7 Å². The number of pyridine rings is 1. The summed E-state index contributed by atoms with van der Waals surface area (Å²) in [4.78, 5) is 12.3. The number of rotatable bonds is 2. The second kappa shape index (κ2) is 4.12. The van der Waals surface area contributed by atoms with Crippen LogP contribution in [0.4, 0.5) is 0 Å². The molecule has 4 nitrogen and oxygen atoms in total. The Kier molecular flexibility index (Phi) is 2.36. The Labute approximate surface area is 120 Å². The van der Waals surface area contributed by atoms with Crippen molar-refractivity contribution in [2.45, 2.75) is 0 Å². The Balaban J connectivity index is 2.35.